The monoisotopic (exact) mass is 402 g/mol. The van der Waals surface area contributed by atoms with Crippen molar-refractivity contribution in [3.8, 4) is 0 Å². The summed E-state index contributed by atoms with van der Waals surface area (Å²) in [6, 6.07) is -0.794. The van der Waals surface area contributed by atoms with E-state index in [9.17, 15) is 29.4 Å². The molecule has 2 fully saturated rings. The van der Waals surface area contributed by atoms with Crippen LogP contribution in [0.3, 0.4) is 0 Å². The van der Waals surface area contributed by atoms with Gasteiger partial charge in [0, 0.05) is 43.9 Å². The average molecular weight is 402 g/mol. The van der Waals surface area contributed by atoms with E-state index in [2.05, 4.69) is 10.6 Å². The largest absolute Gasteiger partial charge is 0.481 e. The van der Waals surface area contributed by atoms with Gasteiger partial charge in [0.1, 0.15) is 18.9 Å². The summed E-state index contributed by atoms with van der Waals surface area (Å²) in [5.41, 5.74) is 0. The molecule has 1 aliphatic carbocycles. The summed E-state index contributed by atoms with van der Waals surface area (Å²) in [5.74, 6) is -2.31. The number of aliphatic hydroxyl groups is 1. The normalized spacial score (nSPS) is 25.8. The van der Waals surface area contributed by atoms with Crippen molar-refractivity contribution in [3.05, 3.63) is 0 Å². The van der Waals surface area contributed by atoms with Crippen molar-refractivity contribution in [1.29, 1.82) is 0 Å². The zero-order valence-corrected chi connectivity index (χ0v) is 16.3. The van der Waals surface area contributed by atoms with Crippen LogP contribution in [0.15, 0.2) is 0 Å². The summed E-state index contributed by atoms with van der Waals surface area (Å²) in [6.07, 6.45) is 0.624. The van der Waals surface area contributed by atoms with Crippen molar-refractivity contribution in [2.75, 3.05) is 44.4 Å². The molecule has 2 rings (SSSR count). The van der Waals surface area contributed by atoms with Crippen LogP contribution in [0.1, 0.15) is 19.8 Å². The third-order valence-electron chi connectivity index (χ3n) is 5.35. The van der Waals surface area contributed by atoms with Crippen LogP contribution in [0, 0.1) is 11.8 Å². The van der Waals surface area contributed by atoms with E-state index < -0.39 is 23.8 Å². The molecule has 0 aromatic carbocycles. The van der Waals surface area contributed by atoms with Crippen LogP contribution in [0.5, 0.6) is 0 Å². The Morgan fingerprint density at radius 3 is 2.56 bits per heavy atom. The molecular weight excluding hydrogens is 374 g/mol. The van der Waals surface area contributed by atoms with Crippen LogP contribution in [0.25, 0.3) is 0 Å². The third-order valence-corrected chi connectivity index (χ3v) is 6.51. The Balaban J connectivity index is 2.01. The molecule has 152 valence electrons. The summed E-state index contributed by atoms with van der Waals surface area (Å²) in [4.78, 5) is 47.9. The number of carboxylic acid groups (broad SMARTS) is 1. The lowest BCUT2D eigenvalue weighted by molar-refractivity contribution is -0.876. The summed E-state index contributed by atoms with van der Waals surface area (Å²) < 4.78 is -0.112. The van der Waals surface area contributed by atoms with Crippen LogP contribution in [-0.2, 0) is 19.2 Å². The van der Waals surface area contributed by atoms with Gasteiger partial charge in [-0.2, -0.15) is 11.8 Å². The summed E-state index contributed by atoms with van der Waals surface area (Å²) in [7, 11) is 0. The van der Waals surface area contributed by atoms with Gasteiger partial charge in [-0.15, -0.1) is 0 Å². The second-order valence-electron chi connectivity index (χ2n) is 7.17. The molecule has 0 radical (unpaired) electrons. The lowest BCUT2D eigenvalue weighted by Crippen LogP contribution is -2.67. The van der Waals surface area contributed by atoms with E-state index in [-0.39, 0.29) is 41.0 Å². The Bertz CT molecular complexity index is 593. The van der Waals surface area contributed by atoms with Crippen LogP contribution >= 0.6 is 11.8 Å². The van der Waals surface area contributed by atoms with E-state index in [4.69, 9.17) is 0 Å². The Kier molecular flexibility index (Phi) is 7.78. The van der Waals surface area contributed by atoms with Gasteiger partial charge in [-0.25, -0.2) is 9.28 Å². The maximum absolute atomic E-state index is 13.0. The number of quaternary nitrogens is 1. The second kappa shape index (κ2) is 9.63. The van der Waals surface area contributed by atoms with Gasteiger partial charge >= 0.3 is 11.9 Å². The van der Waals surface area contributed by atoms with E-state index in [1.807, 2.05) is 0 Å². The maximum Gasteiger partial charge on any atom is 0.338 e. The number of amides is 2. The van der Waals surface area contributed by atoms with Gasteiger partial charge in [0.2, 0.25) is 5.91 Å². The summed E-state index contributed by atoms with van der Waals surface area (Å²) in [6.45, 7) is 3.08. The molecule has 0 aromatic rings. The number of Topliss-reactive ketones (excluding diaryl/α,β-unsaturated/α-hetero) is 1. The van der Waals surface area contributed by atoms with Crippen LogP contribution in [0.2, 0.25) is 0 Å². The first kappa shape index (κ1) is 21.8. The van der Waals surface area contributed by atoms with E-state index >= 15 is 0 Å². The number of nitrogens with zero attached hydrogens (tertiary/aromatic N) is 1. The minimum absolute atomic E-state index is 0.0572. The van der Waals surface area contributed by atoms with E-state index in [0.29, 0.717) is 38.4 Å². The fourth-order valence-corrected chi connectivity index (χ4v) is 5.00. The third kappa shape index (κ3) is 5.28. The number of carboxylic acids is 1. The predicted molar refractivity (Wildman–Crippen MR) is 98.7 cm³/mol. The molecule has 0 spiro atoms. The lowest BCUT2D eigenvalue weighted by Gasteiger charge is -2.39. The molecule has 1 aliphatic heterocycles. The number of piperazine rings is 1. The Morgan fingerprint density at radius 2 is 2.00 bits per heavy atom. The number of thioether (sulfide) groups is 1. The molecule has 4 N–H and O–H groups in total. The second-order valence-corrected chi connectivity index (χ2v) is 8.24. The first-order valence-electron chi connectivity index (χ1n) is 9.13. The fraction of sp³-hybridized carbons (Fsp3) is 0.765. The lowest BCUT2D eigenvalue weighted by atomic mass is 9.98. The van der Waals surface area contributed by atoms with Crippen molar-refractivity contribution >= 4 is 35.3 Å². The van der Waals surface area contributed by atoms with E-state index in [1.54, 1.807) is 0 Å². The van der Waals surface area contributed by atoms with Gasteiger partial charge in [-0.05, 0) is 6.42 Å². The van der Waals surface area contributed by atoms with Crippen LogP contribution < -0.4 is 10.6 Å². The van der Waals surface area contributed by atoms with Crippen molar-refractivity contribution in [3.63, 3.8) is 0 Å². The molecule has 1 saturated heterocycles. The van der Waals surface area contributed by atoms with Gasteiger partial charge in [0.15, 0.2) is 12.8 Å². The minimum Gasteiger partial charge on any atom is -0.481 e. The topological polar surface area (TPSA) is 133 Å². The minimum atomic E-state index is -0.966. The zero-order valence-electron chi connectivity index (χ0n) is 15.5. The molecule has 0 aromatic heterocycles. The van der Waals surface area contributed by atoms with Crippen molar-refractivity contribution < 1.29 is 33.9 Å². The first-order chi connectivity index (χ1) is 12.8. The van der Waals surface area contributed by atoms with Crippen molar-refractivity contribution in [2.45, 2.75) is 25.8 Å². The molecule has 3 atom stereocenters. The molecule has 0 bridgehead atoms. The molecule has 2 amide bonds. The Hall–Kier alpha value is -1.49. The highest BCUT2D eigenvalue weighted by molar-refractivity contribution is 7.99. The Morgan fingerprint density at radius 1 is 1.33 bits per heavy atom. The number of carbonyl (C=O) groups is 4. The van der Waals surface area contributed by atoms with Crippen LogP contribution in [0.4, 0.5) is 0 Å². The molecule has 1 saturated carbocycles. The molecule has 10 heteroatoms. The van der Waals surface area contributed by atoms with Gasteiger partial charge < -0.3 is 20.8 Å². The predicted octanol–water partition coefficient (Wildman–Crippen LogP) is -1.20. The van der Waals surface area contributed by atoms with Crippen molar-refractivity contribution in [1.82, 2.24) is 10.6 Å². The number of rotatable bonds is 8. The fourth-order valence-electron chi connectivity index (χ4n) is 3.73. The number of carbonyl (C=O) groups excluding carboxylic acids is 3. The number of aliphatic carboxylic acids is 1. The standard InChI is InChI=1S/C17H27N3O6S/c1-11(22)19-14(16(24)20(10-21)6-4-18-5-7-20)9-27-8-13-12(17(25)26)2-3-15(13)23/h12-14,18,21H,2-10H2,1H3,(H-,19,22,25,26)/p+1. The number of hydrogen-bond donors (Lipinski definition) is 4. The molecule has 9 nitrogen and oxygen atoms in total. The van der Waals surface area contributed by atoms with Gasteiger partial charge in [-0.3, -0.25) is 14.4 Å². The van der Waals surface area contributed by atoms with Crippen LogP contribution in [-0.4, -0.2) is 88.7 Å². The SMILES string of the molecule is CC(=O)NC(CSCC1C(=O)CCC1C(=O)O)C(=O)[N+]1(CO)CCNCC1. The zero-order chi connectivity index (χ0) is 20.0. The number of hydrogen-bond acceptors (Lipinski definition) is 7. The van der Waals surface area contributed by atoms with Gasteiger partial charge in [0.05, 0.1) is 5.92 Å². The highest BCUT2D eigenvalue weighted by Crippen LogP contribution is 2.32. The molecule has 1 heterocycles. The summed E-state index contributed by atoms with van der Waals surface area (Å²) >= 11 is 1.30. The van der Waals surface area contributed by atoms with Crippen molar-refractivity contribution in [2.24, 2.45) is 11.8 Å². The molecule has 3 unspecified atom stereocenters. The van der Waals surface area contributed by atoms with E-state index in [1.165, 1.54) is 18.7 Å². The highest BCUT2D eigenvalue weighted by Gasteiger charge is 2.43. The Labute approximate surface area is 162 Å². The summed E-state index contributed by atoms with van der Waals surface area (Å²) in [5, 5.41) is 24.9. The highest BCUT2D eigenvalue weighted by atomic mass is 32.2. The van der Waals surface area contributed by atoms with Gasteiger partial charge in [-0.1, -0.05) is 0 Å². The number of ketones is 1. The molecule has 2 aliphatic rings. The average Bonchev–Trinajstić information content (AvgIpc) is 3.01. The van der Waals surface area contributed by atoms with E-state index in [0.717, 1.165) is 0 Å². The molecule has 27 heavy (non-hydrogen) atoms. The van der Waals surface area contributed by atoms with Gasteiger partial charge in [0.25, 0.3) is 0 Å². The smallest absolute Gasteiger partial charge is 0.338 e. The quantitative estimate of drug-likeness (QED) is 0.372. The number of aliphatic hydroxyl groups excluding tert-OH is 1. The molecular formula is C17H28N3O6S+. The first-order valence-corrected chi connectivity index (χ1v) is 10.3. The maximum atomic E-state index is 13.0. The number of nitrogens with one attached hydrogen (secondary N) is 2.